The molecule has 1 rings (SSSR count). The Hall–Kier alpha value is -2.04. The van der Waals surface area contributed by atoms with Gasteiger partial charge in [-0.05, 0) is 24.1 Å². The molecule has 18 heavy (non-hydrogen) atoms. The summed E-state index contributed by atoms with van der Waals surface area (Å²) in [6.07, 6.45) is 0.940. The number of nitrogens with one attached hydrogen (secondary N) is 1. The molecule has 5 heteroatoms. The molecule has 98 valence electrons. The first-order valence-electron chi connectivity index (χ1n) is 5.89. The van der Waals surface area contributed by atoms with Gasteiger partial charge in [0.05, 0.1) is 0 Å². The van der Waals surface area contributed by atoms with Gasteiger partial charge < -0.3 is 16.0 Å². The van der Waals surface area contributed by atoms with Gasteiger partial charge in [-0.2, -0.15) is 0 Å². The predicted octanol–water partition coefficient (Wildman–Crippen LogP) is 1.06. The van der Waals surface area contributed by atoms with Crippen molar-refractivity contribution in [1.82, 2.24) is 4.90 Å². The zero-order chi connectivity index (χ0) is 13.5. The molecule has 0 heterocycles. The molecule has 0 radical (unpaired) electrons. The number of anilines is 1. The van der Waals surface area contributed by atoms with Crippen molar-refractivity contribution >= 4 is 17.6 Å². The molecule has 1 aromatic carbocycles. The highest BCUT2D eigenvalue weighted by atomic mass is 16.1. The normalized spacial score (nSPS) is 11.2. The van der Waals surface area contributed by atoms with Crippen LogP contribution in [0.25, 0.3) is 0 Å². The largest absolute Gasteiger partial charge is 0.370 e. The highest BCUT2D eigenvalue weighted by molar-refractivity contribution is 5.93. The number of aliphatic imine (C=N–C) groups is 1. The molecule has 0 unspecified atom stereocenters. The Morgan fingerprint density at radius 3 is 2.78 bits per heavy atom. The van der Waals surface area contributed by atoms with Gasteiger partial charge in [-0.1, -0.05) is 19.1 Å². The zero-order valence-electron chi connectivity index (χ0n) is 11.1. The maximum atomic E-state index is 11.6. The molecular formula is C13H20N4O. The van der Waals surface area contributed by atoms with Crippen molar-refractivity contribution in [2.45, 2.75) is 13.3 Å². The molecule has 0 saturated carbocycles. The van der Waals surface area contributed by atoms with Gasteiger partial charge in [0.1, 0.15) is 6.54 Å². The number of nitrogens with zero attached hydrogens (tertiary/aromatic N) is 2. The number of nitrogens with two attached hydrogens (primary N) is 1. The summed E-state index contributed by atoms with van der Waals surface area (Å²) in [5.41, 5.74) is 7.57. The van der Waals surface area contributed by atoms with E-state index in [2.05, 4.69) is 17.2 Å². The van der Waals surface area contributed by atoms with Crippen molar-refractivity contribution in [2.24, 2.45) is 10.7 Å². The third kappa shape index (κ3) is 4.45. The van der Waals surface area contributed by atoms with E-state index in [9.17, 15) is 4.79 Å². The first-order valence-corrected chi connectivity index (χ1v) is 5.89. The average Bonchev–Trinajstić information content (AvgIpc) is 2.36. The number of carbonyl (C=O) groups is 1. The van der Waals surface area contributed by atoms with Crippen LogP contribution in [-0.4, -0.2) is 37.4 Å². The summed E-state index contributed by atoms with van der Waals surface area (Å²) >= 11 is 0. The number of guanidine groups is 1. The topological polar surface area (TPSA) is 70.7 Å². The molecule has 3 N–H and O–H groups in total. The van der Waals surface area contributed by atoms with Gasteiger partial charge in [0.2, 0.25) is 5.91 Å². The summed E-state index contributed by atoms with van der Waals surface area (Å²) in [4.78, 5) is 17.3. The van der Waals surface area contributed by atoms with E-state index < -0.39 is 0 Å². The molecule has 0 aliphatic carbocycles. The molecule has 0 atom stereocenters. The summed E-state index contributed by atoms with van der Waals surface area (Å²) in [6, 6.07) is 7.76. The molecule has 0 aliphatic rings. The van der Waals surface area contributed by atoms with Crippen molar-refractivity contribution in [3.8, 4) is 0 Å². The Labute approximate surface area is 108 Å². The van der Waals surface area contributed by atoms with E-state index in [0.29, 0.717) is 5.96 Å². The zero-order valence-corrected chi connectivity index (χ0v) is 11.1. The third-order valence-corrected chi connectivity index (χ3v) is 2.46. The first-order chi connectivity index (χ1) is 8.52. The van der Waals surface area contributed by atoms with Gasteiger partial charge in [-0.15, -0.1) is 0 Å². The average molecular weight is 248 g/mol. The van der Waals surface area contributed by atoms with Crippen molar-refractivity contribution in [2.75, 3.05) is 26.0 Å². The molecular weight excluding hydrogens is 228 g/mol. The summed E-state index contributed by atoms with van der Waals surface area (Å²) in [6.45, 7) is 2.10. The van der Waals surface area contributed by atoms with Crippen LogP contribution in [0.15, 0.2) is 29.3 Å². The van der Waals surface area contributed by atoms with E-state index in [-0.39, 0.29) is 12.5 Å². The van der Waals surface area contributed by atoms with E-state index in [1.54, 1.807) is 19.0 Å². The van der Waals surface area contributed by atoms with E-state index in [4.69, 9.17) is 5.73 Å². The lowest BCUT2D eigenvalue weighted by Gasteiger charge is -2.10. The highest BCUT2D eigenvalue weighted by Gasteiger charge is 2.02. The molecule has 5 nitrogen and oxygen atoms in total. The van der Waals surface area contributed by atoms with Crippen LogP contribution in [0.2, 0.25) is 0 Å². The molecule has 0 bridgehead atoms. The number of amides is 1. The summed E-state index contributed by atoms with van der Waals surface area (Å²) in [5.74, 6) is 0.167. The van der Waals surface area contributed by atoms with Gasteiger partial charge in [-0.3, -0.25) is 4.79 Å². The molecule has 0 aromatic heterocycles. The monoisotopic (exact) mass is 248 g/mol. The van der Waals surface area contributed by atoms with Crippen LogP contribution in [-0.2, 0) is 11.2 Å². The van der Waals surface area contributed by atoms with Crippen LogP contribution < -0.4 is 11.1 Å². The van der Waals surface area contributed by atoms with Gasteiger partial charge in [-0.25, -0.2) is 4.99 Å². The molecule has 1 aromatic rings. The van der Waals surface area contributed by atoms with Crippen molar-refractivity contribution < 1.29 is 4.79 Å². The SMILES string of the molecule is CCc1cccc(NC(=O)CN=C(N)N(C)C)c1. The lowest BCUT2D eigenvalue weighted by atomic mass is 10.1. The van der Waals surface area contributed by atoms with Gasteiger partial charge in [0.15, 0.2) is 5.96 Å². The first kappa shape index (κ1) is 14.0. The van der Waals surface area contributed by atoms with Crippen LogP contribution in [0, 0.1) is 0 Å². The second-order valence-corrected chi connectivity index (χ2v) is 4.17. The van der Waals surface area contributed by atoms with E-state index in [1.807, 2.05) is 24.3 Å². The fourth-order valence-corrected chi connectivity index (χ4v) is 1.36. The number of aryl methyl sites for hydroxylation is 1. The summed E-state index contributed by atoms with van der Waals surface area (Å²) < 4.78 is 0. The fourth-order valence-electron chi connectivity index (χ4n) is 1.36. The number of benzene rings is 1. The maximum absolute atomic E-state index is 11.6. The minimum Gasteiger partial charge on any atom is -0.370 e. The second-order valence-electron chi connectivity index (χ2n) is 4.17. The molecule has 1 amide bonds. The molecule has 0 spiro atoms. The Morgan fingerprint density at radius 1 is 1.44 bits per heavy atom. The quantitative estimate of drug-likeness (QED) is 0.618. The number of hydrogen-bond acceptors (Lipinski definition) is 2. The minimum absolute atomic E-state index is 0.0281. The molecule has 0 fully saturated rings. The van der Waals surface area contributed by atoms with Crippen LogP contribution in [0.1, 0.15) is 12.5 Å². The van der Waals surface area contributed by atoms with Crippen molar-refractivity contribution in [3.05, 3.63) is 29.8 Å². The lowest BCUT2D eigenvalue weighted by Crippen LogP contribution is -2.31. The van der Waals surface area contributed by atoms with Crippen LogP contribution in [0.5, 0.6) is 0 Å². The van der Waals surface area contributed by atoms with Crippen LogP contribution >= 0.6 is 0 Å². The van der Waals surface area contributed by atoms with Crippen molar-refractivity contribution in [3.63, 3.8) is 0 Å². The van der Waals surface area contributed by atoms with Gasteiger partial charge in [0, 0.05) is 19.8 Å². The molecule has 0 saturated heterocycles. The minimum atomic E-state index is -0.173. The number of rotatable bonds is 4. The third-order valence-electron chi connectivity index (χ3n) is 2.46. The van der Waals surface area contributed by atoms with Crippen molar-refractivity contribution in [1.29, 1.82) is 0 Å². The standard InChI is InChI=1S/C13H20N4O/c1-4-10-6-5-7-11(8-10)16-12(18)9-15-13(14)17(2)3/h5-8H,4,9H2,1-3H3,(H2,14,15)(H,16,18). The predicted molar refractivity (Wildman–Crippen MR) is 74.6 cm³/mol. The smallest absolute Gasteiger partial charge is 0.246 e. The van der Waals surface area contributed by atoms with E-state index in [0.717, 1.165) is 12.1 Å². The van der Waals surface area contributed by atoms with Gasteiger partial charge >= 0.3 is 0 Å². The van der Waals surface area contributed by atoms with Crippen LogP contribution in [0.4, 0.5) is 5.69 Å². The lowest BCUT2D eigenvalue weighted by molar-refractivity contribution is -0.114. The van der Waals surface area contributed by atoms with Gasteiger partial charge in [0.25, 0.3) is 0 Å². The Morgan fingerprint density at radius 2 is 2.17 bits per heavy atom. The van der Waals surface area contributed by atoms with Crippen LogP contribution in [0.3, 0.4) is 0 Å². The fraction of sp³-hybridized carbons (Fsp3) is 0.385. The molecule has 0 aliphatic heterocycles. The Bertz CT molecular complexity index is 440. The number of hydrogen-bond donors (Lipinski definition) is 2. The summed E-state index contributed by atoms with van der Waals surface area (Å²) in [5, 5.41) is 2.79. The highest BCUT2D eigenvalue weighted by Crippen LogP contribution is 2.10. The second kappa shape index (κ2) is 6.64. The number of carbonyl (C=O) groups excluding carboxylic acids is 1. The Balaban J connectivity index is 2.57. The van der Waals surface area contributed by atoms with E-state index >= 15 is 0 Å². The maximum Gasteiger partial charge on any atom is 0.246 e. The Kier molecular flexibility index (Phi) is 5.17. The van der Waals surface area contributed by atoms with E-state index in [1.165, 1.54) is 5.56 Å². The summed E-state index contributed by atoms with van der Waals surface area (Å²) in [7, 11) is 3.56.